The summed E-state index contributed by atoms with van der Waals surface area (Å²) in [7, 11) is 1.80. The van der Waals surface area contributed by atoms with E-state index in [1.54, 1.807) is 19.2 Å². The van der Waals surface area contributed by atoms with Crippen LogP contribution in [0.2, 0.25) is 5.02 Å². The van der Waals surface area contributed by atoms with Crippen LogP contribution in [0.15, 0.2) is 24.5 Å². The maximum absolute atomic E-state index is 13.9. The third-order valence-corrected chi connectivity index (χ3v) is 3.43. The molecule has 4 nitrogen and oxygen atoms in total. The predicted molar refractivity (Wildman–Crippen MR) is 77.2 cm³/mol. The molecule has 0 amide bonds. The van der Waals surface area contributed by atoms with E-state index in [0.29, 0.717) is 17.0 Å². The van der Waals surface area contributed by atoms with Crippen LogP contribution in [0.3, 0.4) is 0 Å². The lowest BCUT2D eigenvalue weighted by Crippen LogP contribution is -2.22. The lowest BCUT2D eigenvalue weighted by molar-refractivity contribution is 0.496. The van der Waals surface area contributed by atoms with Gasteiger partial charge in [-0.3, -0.25) is 4.68 Å². The maximum atomic E-state index is 13.9. The van der Waals surface area contributed by atoms with Gasteiger partial charge in [0.25, 0.3) is 0 Å². The van der Waals surface area contributed by atoms with Gasteiger partial charge in [-0.05, 0) is 31.7 Å². The highest BCUT2D eigenvalue weighted by molar-refractivity contribution is 6.30. The molecule has 1 N–H and O–H groups in total. The highest BCUT2D eigenvalue weighted by Crippen LogP contribution is 2.23. The number of nitrogens with zero attached hydrogens (tertiary/aromatic N) is 3. The number of rotatable bonds is 6. The molecule has 0 saturated carbocycles. The van der Waals surface area contributed by atoms with Crippen molar-refractivity contribution in [2.45, 2.75) is 32.4 Å². The molecule has 1 atom stereocenters. The van der Waals surface area contributed by atoms with E-state index in [1.807, 2.05) is 4.68 Å². The van der Waals surface area contributed by atoms with Crippen molar-refractivity contribution in [3.63, 3.8) is 0 Å². The molecular weight excluding hydrogens is 279 g/mol. The molecule has 0 aliphatic heterocycles. The van der Waals surface area contributed by atoms with Gasteiger partial charge in [0, 0.05) is 29.6 Å². The first-order chi connectivity index (χ1) is 9.65. The molecule has 0 saturated heterocycles. The molecule has 108 valence electrons. The zero-order chi connectivity index (χ0) is 14.5. The molecule has 1 heterocycles. The second-order valence-electron chi connectivity index (χ2n) is 4.61. The quantitative estimate of drug-likeness (QED) is 0.891. The molecule has 2 rings (SSSR count). The molecule has 0 aliphatic rings. The minimum atomic E-state index is -0.268. The molecule has 20 heavy (non-hydrogen) atoms. The summed E-state index contributed by atoms with van der Waals surface area (Å²) in [5.74, 6) is 0.570. The fourth-order valence-electron chi connectivity index (χ4n) is 2.18. The van der Waals surface area contributed by atoms with Gasteiger partial charge in [0.2, 0.25) is 0 Å². The van der Waals surface area contributed by atoms with Crippen molar-refractivity contribution in [1.29, 1.82) is 0 Å². The van der Waals surface area contributed by atoms with E-state index in [2.05, 4.69) is 22.3 Å². The molecule has 2 aromatic rings. The fourth-order valence-corrected chi connectivity index (χ4v) is 2.36. The van der Waals surface area contributed by atoms with Gasteiger partial charge < -0.3 is 5.32 Å². The van der Waals surface area contributed by atoms with Gasteiger partial charge in [-0.1, -0.05) is 18.5 Å². The largest absolute Gasteiger partial charge is 0.313 e. The van der Waals surface area contributed by atoms with Crippen molar-refractivity contribution in [3.05, 3.63) is 46.8 Å². The molecule has 0 aliphatic carbocycles. The second-order valence-corrected chi connectivity index (χ2v) is 5.05. The molecule has 1 aromatic heterocycles. The van der Waals surface area contributed by atoms with Gasteiger partial charge in [0.05, 0.1) is 0 Å². The van der Waals surface area contributed by atoms with Gasteiger partial charge >= 0.3 is 0 Å². The van der Waals surface area contributed by atoms with E-state index < -0.39 is 0 Å². The average Bonchev–Trinajstić information content (AvgIpc) is 2.87. The van der Waals surface area contributed by atoms with Crippen LogP contribution < -0.4 is 5.32 Å². The van der Waals surface area contributed by atoms with Crippen LogP contribution in [0.4, 0.5) is 4.39 Å². The molecule has 0 fully saturated rings. The molecular formula is C14H18ClFN4. The summed E-state index contributed by atoms with van der Waals surface area (Å²) in [6.07, 6.45) is 3.08. The average molecular weight is 297 g/mol. The van der Waals surface area contributed by atoms with Gasteiger partial charge in [-0.15, -0.1) is 0 Å². The summed E-state index contributed by atoms with van der Waals surface area (Å²) in [6, 6.07) is 4.40. The number of aromatic nitrogens is 3. The number of nitrogens with one attached hydrogen (secondary N) is 1. The van der Waals surface area contributed by atoms with Crippen molar-refractivity contribution in [1.82, 2.24) is 20.1 Å². The van der Waals surface area contributed by atoms with Crippen LogP contribution in [-0.2, 0) is 13.0 Å². The monoisotopic (exact) mass is 296 g/mol. The van der Waals surface area contributed by atoms with E-state index in [0.717, 1.165) is 18.8 Å². The highest BCUT2D eigenvalue weighted by Gasteiger charge is 2.18. The standard InChI is InChI=1S/C14H18ClFN4/c1-3-6-20-14(18-9-19-20)8-13(17-2)11-7-10(15)4-5-12(11)16/h4-5,7,9,13,17H,3,6,8H2,1-2H3. The van der Waals surface area contributed by atoms with Crippen LogP contribution in [0.25, 0.3) is 0 Å². The van der Waals surface area contributed by atoms with Crippen molar-refractivity contribution < 1.29 is 4.39 Å². The summed E-state index contributed by atoms with van der Waals surface area (Å²) in [6.45, 7) is 2.89. The normalized spacial score (nSPS) is 12.6. The van der Waals surface area contributed by atoms with E-state index in [-0.39, 0.29) is 11.9 Å². The first-order valence-corrected chi connectivity index (χ1v) is 7.02. The first-order valence-electron chi connectivity index (χ1n) is 6.64. The van der Waals surface area contributed by atoms with Crippen molar-refractivity contribution >= 4 is 11.6 Å². The van der Waals surface area contributed by atoms with E-state index in [9.17, 15) is 4.39 Å². The number of aryl methyl sites for hydroxylation is 1. The van der Waals surface area contributed by atoms with E-state index >= 15 is 0 Å². The summed E-state index contributed by atoms with van der Waals surface area (Å²) in [5, 5.41) is 7.82. The highest BCUT2D eigenvalue weighted by atomic mass is 35.5. The van der Waals surface area contributed by atoms with Crippen LogP contribution in [0, 0.1) is 5.82 Å². The van der Waals surface area contributed by atoms with Gasteiger partial charge in [-0.2, -0.15) is 5.10 Å². The summed E-state index contributed by atoms with van der Waals surface area (Å²) >= 11 is 5.95. The predicted octanol–water partition coefficient (Wildman–Crippen LogP) is 2.98. The van der Waals surface area contributed by atoms with Crippen LogP contribution in [0.1, 0.15) is 30.8 Å². The summed E-state index contributed by atoms with van der Waals surface area (Å²) in [5.41, 5.74) is 0.547. The SMILES string of the molecule is CCCn1ncnc1CC(NC)c1cc(Cl)ccc1F. The second kappa shape index (κ2) is 6.81. The third kappa shape index (κ3) is 3.35. The van der Waals surface area contributed by atoms with Gasteiger partial charge in [-0.25, -0.2) is 9.37 Å². The number of hydrogen-bond donors (Lipinski definition) is 1. The zero-order valence-electron chi connectivity index (χ0n) is 11.6. The molecule has 0 bridgehead atoms. The first kappa shape index (κ1) is 14.9. The Morgan fingerprint density at radius 1 is 1.45 bits per heavy atom. The minimum absolute atomic E-state index is 0.187. The smallest absolute Gasteiger partial charge is 0.138 e. The van der Waals surface area contributed by atoms with E-state index in [4.69, 9.17) is 11.6 Å². The zero-order valence-corrected chi connectivity index (χ0v) is 12.4. The van der Waals surface area contributed by atoms with Gasteiger partial charge in [0.1, 0.15) is 18.0 Å². The minimum Gasteiger partial charge on any atom is -0.313 e. The van der Waals surface area contributed by atoms with Crippen molar-refractivity contribution in [3.8, 4) is 0 Å². The van der Waals surface area contributed by atoms with Gasteiger partial charge in [0.15, 0.2) is 0 Å². The van der Waals surface area contributed by atoms with Crippen LogP contribution >= 0.6 is 11.6 Å². The topological polar surface area (TPSA) is 42.7 Å². The lowest BCUT2D eigenvalue weighted by Gasteiger charge is -2.17. The molecule has 1 aromatic carbocycles. The molecule has 1 unspecified atom stereocenters. The number of likely N-dealkylation sites (N-methyl/N-ethyl adjacent to an activating group) is 1. The summed E-state index contributed by atoms with van der Waals surface area (Å²) in [4.78, 5) is 4.26. The lowest BCUT2D eigenvalue weighted by atomic mass is 10.0. The Labute approximate surface area is 123 Å². The number of benzene rings is 1. The number of halogens is 2. The van der Waals surface area contributed by atoms with Crippen molar-refractivity contribution in [2.24, 2.45) is 0 Å². The maximum Gasteiger partial charge on any atom is 0.138 e. The van der Waals surface area contributed by atoms with E-state index in [1.165, 1.54) is 12.4 Å². The Morgan fingerprint density at radius 3 is 2.95 bits per heavy atom. The van der Waals surface area contributed by atoms with Crippen LogP contribution in [0.5, 0.6) is 0 Å². The Bertz CT molecular complexity index is 570. The summed E-state index contributed by atoms with van der Waals surface area (Å²) < 4.78 is 15.8. The molecule has 6 heteroatoms. The Morgan fingerprint density at radius 2 is 2.25 bits per heavy atom. The van der Waals surface area contributed by atoms with Crippen LogP contribution in [-0.4, -0.2) is 21.8 Å². The number of hydrogen-bond acceptors (Lipinski definition) is 3. The molecule has 0 radical (unpaired) electrons. The fraction of sp³-hybridized carbons (Fsp3) is 0.429. The Kier molecular flexibility index (Phi) is 5.09. The third-order valence-electron chi connectivity index (χ3n) is 3.20. The van der Waals surface area contributed by atoms with Crippen molar-refractivity contribution in [2.75, 3.05) is 7.05 Å². The Balaban J connectivity index is 2.24. The Hall–Kier alpha value is -1.46. The molecule has 0 spiro atoms.